The summed E-state index contributed by atoms with van der Waals surface area (Å²) < 4.78 is 1.36. The monoisotopic (exact) mass is 343 g/mol. The summed E-state index contributed by atoms with van der Waals surface area (Å²) in [5.41, 5.74) is 2.62. The van der Waals surface area contributed by atoms with Crippen LogP contribution in [0.1, 0.15) is 23.1 Å². The summed E-state index contributed by atoms with van der Waals surface area (Å²) >= 11 is 0. The van der Waals surface area contributed by atoms with Crippen molar-refractivity contribution in [2.75, 3.05) is 36.5 Å². The van der Waals surface area contributed by atoms with E-state index in [1.807, 2.05) is 25.1 Å². The number of fused-ring (bicyclic) bond motifs is 1. The molecule has 9 heteroatoms. The van der Waals surface area contributed by atoms with Gasteiger partial charge >= 0.3 is 0 Å². The summed E-state index contributed by atoms with van der Waals surface area (Å²) in [4.78, 5) is 28.2. The van der Waals surface area contributed by atoms with Crippen LogP contribution < -0.4 is 15.1 Å². The van der Waals surface area contributed by atoms with E-state index in [1.165, 1.54) is 4.68 Å². The van der Waals surface area contributed by atoms with Crippen molar-refractivity contribution in [1.82, 2.24) is 25.5 Å². The van der Waals surface area contributed by atoms with Crippen molar-refractivity contribution in [3.8, 4) is 0 Å². The molecule has 1 N–H and O–H groups in total. The molecule has 1 aliphatic heterocycles. The first-order valence-corrected chi connectivity index (χ1v) is 8.17. The molecule has 2 amide bonds. The molecule has 0 fully saturated rings. The lowest BCUT2D eigenvalue weighted by Crippen LogP contribution is -2.35. The number of aromatic nitrogens is 4. The highest BCUT2D eigenvalue weighted by Crippen LogP contribution is 2.32. The van der Waals surface area contributed by atoms with Crippen LogP contribution in [0.4, 0.5) is 11.4 Å². The van der Waals surface area contributed by atoms with E-state index in [9.17, 15) is 9.59 Å². The fourth-order valence-corrected chi connectivity index (χ4v) is 2.81. The predicted molar refractivity (Wildman–Crippen MR) is 92.6 cm³/mol. The second-order valence-corrected chi connectivity index (χ2v) is 5.88. The lowest BCUT2D eigenvalue weighted by molar-refractivity contribution is -0.117. The summed E-state index contributed by atoms with van der Waals surface area (Å²) in [7, 11) is 3.36. The second kappa shape index (κ2) is 6.98. The minimum Gasteiger partial charge on any atom is -0.314 e. The average molecular weight is 343 g/mol. The Balaban J connectivity index is 1.85. The summed E-state index contributed by atoms with van der Waals surface area (Å²) in [6, 6.07) is 5.73. The Hall–Kier alpha value is -2.81. The van der Waals surface area contributed by atoms with E-state index >= 15 is 0 Å². The number of nitrogens with one attached hydrogen (secondary N) is 1. The largest absolute Gasteiger partial charge is 0.314 e. The Labute approximate surface area is 145 Å². The van der Waals surface area contributed by atoms with Gasteiger partial charge in [-0.05, 0) is 41.1 Å². The molecule has 9 nitrogen and oxygen atoms in total. The molecule has 2 aromatic rings. The number of nitrogens with zero attached hydrogens (tertiary/aromatic N) is 6. The number of aryl methyl sites for hydroxylation is 1. The summed E-state index contributed by atoms with van der Waals surface area (Å²) in [5, 5.41) is 14.0. The zero-order valence-electron chi connectivity index (χ0n) is 14.6. The number of tetrazole rings is 1. The van der Waals surface area contributed by atoms with Crippen LogP contribution >= 0.6 is 0 Å². The van der Waals surface area contributed by atoms with Gasteiger partial charge in [0.2, 0.25) is 11.7 Å². The first kappa shape index (κ1) is 17.0. The van der Waals surface area contributed by atoms with E-state index in [1.54, 1.807) is 23.9 Å². The van der Waals surface area contributed by atoms with E-state index in [0.29, 0.717) is 6.54 Å². The maximum Gasteiger partial charge on any atom is 0.297 e. The molecule has 2 heterocycles. The van der Waals surface area contributed by atoms with Crippen LogP contribution in [0.25, 0.3) is 0 Å². The standard InChI is InChI=1S/C16H21N7O2/c1-4-17-10-14(24)21(2)12-6-5-11-7-8-23(13(11)9-12)16(25)15-18-19-20-22(15)3/h5-6,9,17H,4,7-8,10H2,1-3H3. The van der Waals surface area contributed by atoms with Gasteiger partial charge in [0.25, 0.3) is 5.91 Å². The molecular formula is C16H21N7O2. The number of carbonyl (C=O) groups is 2. The van der Waals surface area contributed by atoms with Crippen molar-refractivity contribution in [1.29, 1.82) is 0 Å². The molecule has 0 atom stereocenters. The lowest BCUT2D eigenvalue weighted by atomic mass is 10.1. The molecule has 0 saturated heterocycles. The number of likely N-dealkylation sites (N-methyl/N-ethyl adjacent to an activating group) is 2. The van der Waals surface area contributed by atoms with Gasteiger partial charge in [0, 0.05) is 32.0 Å². The van der Waals surface area contributed by atoms with Gasteiger partial charge in [0.15, 0.2) is 0 Å². The third kappa shape index (κ3) is 3.22. The van der Waals surface area contributed by atoms with Crippen LogP contribution in [0.3, 0.4) is 0 Å². The van der Waals surface area contributed by atoms with E-state index in [4.69, 9.17) is 0 Å². The molecule has 1 aromatic heterocycles. The zero-order chi connectivity index (χ0) is 18.0. The molecule has 0 radical (unpaired) electrons. The smallest absolute Gasteiger partial charge is 0.297 e. The van der Waals surface area contributed by atoms with Crippen LogP contribution in [-0.4, -0.2) is 58.7 Å². The average Bonchev–Trinajstić information content (AvgIpc) is 3.23. The van der Waals surface area contributed by atoms with E-state index in [2.05, 4.69) is 20.8 Å². The SMILES string of the molecule is CCNCC(=O)N(C)c1ccc2c(c1)N(C(=O)c1nnnn1C)CC2. The Morgan fingerprint density at radius 2 is 2.16 bits per heavy atom. The van der Waals surface area contributed by atoms with Gasteiger partial charge in [-0.25, -0.2) is 4.68 Å². The van der Waals surface area contributed by atoms with E-state index < -0.39 is 0 Å². The molecule has 3 rings (SSSR count). The van der Waals surface area contributed by atoms with Crippen molar-refractivity contribution < 1.29 is 9.59 Å². The number of rotatable bonds is 5. The third-order valence-corrected chi connectivity index (χ3v) is 4.31. The lowest BCUT2D eigenvalue weighted by Gasteiger charge is -2.21. The van der Waals surface area contributed by atoms with Crippen molar-refractivity contribution in [3.05, 3.63) is 29.6 Å². The topological polar surface area (TPSA) is 96.2 Å². The van der Waals surface area contributed by atoms with Gasteiger partial charge in [0.05, 0.1) is 6.54 Å². The molecule has 0 unspecified atom stereocenters. The molecule has 25 heavy (non-hydrogen) atoms. The van der Waals surface area contributed by atoms with Gasteiger partial charge < -0.3 is 15.1 Å². The Bertz CT molecular complexity index is 802. The summed E-state index contributed by atoms with van der Waals surface area (Å²) in [6.45, 7) is 3.53. The quantitative estimate of drug-likeness (QED) is 0.820. The minimum absolute atomic E-state index is 0.0322. The molecule has 1 aromatic carbocycles. The van der Waals surface area contributed by atoms with Crippen LogP contribution in [0.15, 0.2) is 18.2 Å². The fraction of sp³-hybridized carbons (Fsp3) is 0.438. The Morgan fingerprint density at radius 1 is 1.36 bits per heavy atom. The highest BCUT2D eigenvalue weighted by atomic mass is 16.2. The van der Waals surface area contributed by atoms with Crippen LogP contribution in [0, 0.1) is 0 Å². The molecule has 1 aliphatic rings. The maximum atomic E-state index is 12.7. The number of anilines is 2. The van der Waals surface area contributed by atoms with Crippen LogP contribution in [0.2, 0.25) is 0 Å². The summed E-state index contributed by atoms with van der Waals surface area (Å²) in [5.74, 6) is -0.0879. The highest BCUT2D eigenvalue weighted by molar-refractivity contribution is 6.05. The molecule has 0 spiro atoms. The Kier molecular flexibility index (Phi) is 4.75. The van der Waals surface area contributed by atoms with Crippen molar-refractivity contribution in [3.63, 3.8) is 0 Å². The van der Waals surface area contributed by atoms with Crippen molar-refractivity contribution >= 4 is 23.2 Å². The van der Waals surface area contributed by atoms with Crippen molar-refractivity contribution in [2.24, 2.45) is 7.05 Å². The minimum atomic E-state index is -0.245. The second-order valence-electron chi connectivity index (χ2n) is 5.88. The van der Waals surface area contributed by atoms with Gasteiger partial charge in [-0.15, -0.1) is 5.10 Å². The molecule has 132 valence electrons. The van der Waals surface area contributed by atoms with Gasteiger partial charge in [-0.1, -0.05) is 13.0 Å². The van der Waals surface area contributed by atoms with Crippen LogP contribution in [-0.2, 0) is 18.3 Å². The van der Waals surface area contributed by atoms with E-state index in [0.717, 1.165) is 29.9 Å². The zero-order valence-corrected chi connectivity index (χ0v) is 14.6. The molecule has 0 bridgehead atoms. The molecule has 0 saturated carbocycles. The molecule has 0 aliphatic carbocycles. The predicted octanol–water partition coefficient (Wildman–Crippen LogP) is -0.0147. The van der Waals surface area contributed by atoms with Crippen LogP contribution in [0.5, 0.6) is 0 Å². The summed E-state index contributed by atoms with van der Waals surface area (Å²) in [6.07, 6.45) is 0.766. The number of hydrogen-bond donors (Lipinski definition) is 1. The molecular weight excluding hydrogens is 322 g/mol. The fourth-order valence-electron chi connectivity index (χ4n) is 2.81. The number of benzene rings is 1. The van der Waals surface area contributed by atoms with Gasteiger partial charge in [-0.3, -0.25) is 9.59 Å². The third-order valence-electron chi connectivity index (χ3n) is 4.31. The first-order valence-electron chi connectivity index (χ1n) is 8.17. The van der Waals surface area contributed by atoms with Gasteiger partial charge in [-0.2, -0.15) is 0 Å². The first-order chi connectivity index (χ1) is 12.0. The Morgan fingerprint density at radius 3 is 2.84 bits per heavy atom. The number of carbonyl (C=O) groups excluding carboxylic acids is 2. The van der Waals surface area contributed by atoms with E-state index in [-0.39, 0.29) is 24.2 Å². The number of amides is 2. The maximum absolute atomic E-state index is 12.7. The highest BCUT2D eigenvalue weighted by Gasteiger charge is 2.29. The number of hydrogen-bond acceptors (Lipinski definition) is 6. The normalized spacial score (nSPS) is 13.0. The van der Waals surface area contributed by atoms with Gasteiger partial charge in [0.1, 0.15) is 0 Å². The van der Waals surface area contributed by atoms with Crippen molar-refractivity contribution in [2.45, 2.75) is 13.3 Å².